The highest BCUT2D eigenvalue weighted by Crippen LogP contribution is 2.17. The molecule has 0 spiro atoms. The number of rotatable bonds is 22. The lowest BCUT2D eigenvalue weighted by Crippen LogP contribution is -2.16. The second-order valence-electron chi connectivity index (χ2n) is 10.3. The van der Waals surface area contributed by atoms with E-state index in [1.165, 1.54) is 89.9 Å². The third-order valence-corrected chi connectivity index (χ3v) is 7.66. The maximum absolute atomic E-state index is 12.5. The van der Waals surface area contributed by atoms with E-state index in [0.717, 1.165) is 29.8 Å². The van der Waals surface area contributed by atoms with E-state index >= 15 is 0 Å². The van der Waals surface area contributed by atoms with Crippen LogP contribution in [-0.4, -0.2) is 18.3 Å². The Labute approximate surface area is 250 Å². The number of hydrogen-bond donors (Lipinski definition) is 0. The summed E-state index contributed by atoms with van der Waals surface area (Å²) >= 11 is 3.51. The standard InChI is InChI=1S/C32H50BrNO3.BrH/c1-3-4-5-6-7-8-9-10-11-12-13-14-15-16-17-18-23-37-32-27-34(29(25-33)24-31(32)35)26-28-19-21-30(36-2)22-20-28;/h19-22,24,27H,3-18,23,25-26H2,1-2H3;1H. The van der Waals surface area contributed by atoms with Gasteiger partial charge in [-0.15, -0.1) is 17.0 Å². The number of halogens is 2. The summed E-state index contributed by atoms with van der Waals surface area (Å²) < 4.78 is 13.2. The Morgan fingerprint density at radius 2 is 1.26 bits per heavy atom. The van der Waals surface area contributed by atoms with Gasteiger partial charge in [-0.05, 0) is 24.1 Å². The first-order chi connectivity index (χ1) is 18.2. The van der Waals surface area contributed by atoms with Crippen molar-refractivity contribution in [3.8, 4) is 11.5 Å². The lowest BCUT2D eigenvalue weighted by molar-refractivity contribution is 0.298. The van der Waals surface area contributed by atoms with E-state index in [0.29, 0.717) is 24.2 Å². The quantitative estimate of drug-likeness (QED) is 0.0935. The van der Waals surface area contributed by atoms with Gasteiger partial charge in [0.15, 0.2) is 5.75 Å². The van der Waals surface area contributed by atoms with Gasteiger partial charge in [-0.2, -0.15) is 0 Å². The van der Waals surface area contributed by atoms with Crippen LogP contribution >= 0.6 is 32.9 Å². The summed E-state index contributed by atoms with van der Waals surface area (Å²) in [6.07, 6.45) is 23.4. The molecule has 2 rings (SSSR count). The number of benzene rings is 1. The molecule has 216 valence electrons. The Morgan fingerprint density at radius 1 is 0.763 bits per heavy atom. The number of pyridine rings is 1. The maximum atomic E-state index is 12.5. The first-order valence-corrected chi connectivity index (χ1v) is 15.8. The Hall–Kier alpha value is -1.27. The number of methoxy groups -OCH3 is 1. The van der Waals surface area contributed by atoms with Gasteiger partial charge in [-0.1, -0.05) is 131 Å². The van der Waals surface area contributed by atoms with Crippen molar-refractivity contribution in [2.75, 3.05) is 13.7 Å². The van der Waals surface area contributed by atoms with E-state index in [1.54, 1.807) is 13.2 Å². The fourth-order valence-electron chi connectivity index (χ4n) is 4.72. The van der Waals surface area contributed by atoms with E-state index in [1.807, 2.05) is 30.5 Å². The number of hydrogen-bond acceptors (Lipinski definition) is 3. The second-order valence-corrected chi connectivity index (χ2v) is 10.8. The summed E-state index contributed by atoms with van der Waals surface area (Å²) in [7, 11) is 1.67. The third kappa shape index (κ3) is 14.8. The molecule has 0 aliphatic carbocycles. The molecule has 38 heavy (non-hydrogen) atoms. The molecule has 0 aliphatic heterocycles. The topological polar surface area (TPSA) is 40.5 Å². The Kier molecular flexibility index (Phi) is 20.6. The van der Waals surface area contributed by atoms with E-state index in [9.17, 15) is 4.79 Å². The summed E-state index contributed by atoms with van der Waals surface area (Å²) in [5.41, 5.74) is 2.04. The van der Waals surface area contributed by atoms with Gasteiger partial charge in [-0.25, -0.2) is 0 Å². The average Bonchev–Trinajstić information content (AvgIpc) is 2.92. The summed E-state index contributed by atoms with van der Waals surface area (Å²) in [4.78, 5) is 12.5. The zero-order valence-electron chi connectivity index (χ0n) is 23.9. The smallest absolute Gasteiger partial charge is 0.223 e. The molecule has 1 aromatic carbocycles. The molecular formula is C32H51Br2NO3. The molecule has 0 saturated carbocycles. The third-order valence-electron chi connectivity index (χ3n) is 7.09. The SMILES string of the molecule is Br.CCCCCCCCCCCCCCCCCCOc1cn(Cc2ccc(OC)cc2)c(CBr)cc1=O. The van der Waals surface area contributed by atoms with Crippen molar-refractivity contribution in [1.29, 1.82) is 0 Å². The number of nitrogens with zero attached hydrogens (tertiary/aromatic N) is 1. The van der Waals surface area contributed by atoms with Crippen LogP contribution in [0.25, 0.3) is 0 Å². The molecule has 0 aliphatic rings. The van der Waals surface area contributed by atoms with Crippen LogP contribution in [0.1, 0.15) is 121 Å². The van der Waals surface area contributed by atoms with Crippen LogP contribution in [0.4, 0.5) is 0 Å². The molecule has 2 aromatic rings. The van der Waals surface area contributed by atoms with Crippen LogP contribution in [0, 0.1) is 0 Å². The first-order valence-electron chi connectivity index (χ1n) is 14.7. The van der Waals surface area contributed by atoms with Crippen molar-refractivity contribution in [2.24, 2.45) is 0 Å². The molecule has 1 heterocycles. The summed E-state index contributed by atoms with van der Waals surface area (Å²) in [6, 6.07) is 9.69. The second kappa shape index (κ2) is 22.5. The van der Waals surface area contributed by atoms with Crippen LogP contribution in [-0.2, 0) is 11.9 Å². The fraction of sp³-hybridized carbons (Fsp3) is 0.656. The minimum Gasteiger partial charge on any atom is -0.497 e. The zero-order valence-corrected chi connectivity index (χ0v) is 27.2. The minimum absolute atomic E-state index is 0. The Morgan fingerprint density at radius 3 is 1.74 bits per heavy atom. The van der Waals surface area contributed by atoms with Crippen molar-refractivity contribution >= 4 is 32.9 Å². The summed E-state index contributed by atoms with van der Waals surface area (Å²) in [5.74, 6) is 1.28. The highest BCUT2D eigenvalue weighted by molar-refractivity contribution is 9.08. The summed E-state index contributed by atoms with van der Waals surface area (Å²) in [5, 5.41) is 0.623. The van der Waals surface area contributed by atoms with E-state index in [4.69, 9.17) is 9.47 Å². The molecule has 0 amide bonds. The number of ether oxygens (including phenoxy) is 2. The van der Waals surface area contributed by atoms with Crippen LogP contribution in [0.3, 0.4) is 0 Å². The molecule has 1 aromatic heterocycles. The van der Waals surface area contributed by atoms with Gasteiger partial charge in [0.2, 0.25) is 5.43 Å². The zero-order chi connectivity index (χ0) is 26.6. The first kappa shape index (κ1) is 34.8. The van der Waals surface area contributed by atoms with Crippen LogP contribution in [0.15, 0.2) is 41.3 Å². The van der Waals surface area contributed by atoms with E-state index in [-0.39, 0.29) is 22.4 Å². The van der Waals surface area contributed by atoms with Gasteiger partial charge in [-0.3, -0.25) is 4.79 Å². The molecule has 0 saturated heterocycles. The number of alkyl halides is 1. The molecule has 0 radical (unpaired) electrons. The largest absolute Gasteiger partial charge is 0.497 e. The molecule has 0 fully saturated rings. The lowest BCUT2D eigenvalue weighted by atomic mass is 10.0. The monoisotopic (exact) mass is 655 g/mol. The van der Waals surface area contributed by atoms with Gasteiger partial charge < -0.3 is 14.0 Å². The Bertz CT molecular complexity index is 899. The number of aromatic nitrogens is 1. The molecule has 0 atom stereocenters. The van der Waals surface area contributed by atoms with Crippen molar-refractivity contribution in [3.63, 3.8) is 0 Å². The van der Waals surface area contributed by atoms with Gasteiger partial charge in [0.25, 0.3) is 0 Å². The number of unbranched alkanes of at least 4 members (excludes halogenated alkanes) is 15. The minimum atomic E-state index is -0.0445. The van der Waals surface area contributed by atoms with Gasteiger partial charge in [0.05, 0.1) is 19.9 Å². The molecule has 0 unspecified atom stereocenters. The van der Waals surface area contributed by atoms with Crippen molar-refractivity contribution in [1.82, 2.24) is 4.57 Å². The van der Waals surface area contributed by atoms with Crippen LogP contribution in [0.5, 0.6) is 11.5 Å². The van der Waals surface area contributed by atoms with Crippen LogP contribution in [0.2, 0.25) is 0 Å². The van der Waals surface area contributed by atoms with E-state index in [2.05, 4.69) is 27.4 Å². The normalized spacial score (nSPS) is 10.8. The lowest BCUT2D eigenvalue weighted by Gasteiger charge is -2.15. The van der Waals surface area contributed by atoms with Gasteiger partial charge in [0, 0.05) is 23.6 Å². The molecule has 4 nitrogen and oxygen atoms in total. The van der Waals surface area contributed by atoms with Crippen molar-refractivity contribution in [3.05, 3.63) is 58.0 Å². The average molecular weight is 658 g/mol. The van der Waals surface area contributed by atoms with Gasteiger partial charge >= 0.3 is 0 Å². The predicted octanol–water partition coefficient (Wildman–Crippen LogP) is 10.0. The molecule has 6 heteroatoms. The van der Waals surface area contributed by atoms with Crippen molar-refractivity contribution in [2.45, 2.75) is 122 Å². The summed E-state index contributed by atoms with van der Waals surface area (Å²) in [6.45, 7) is 3.57. The van der Waals surface area contributed by atoms with Gasteiger partial charge in [0.1, 0.15) is 5.75 Å². The van der Waals surface area contributed by atoms with E-state index < -0.39 is 0 Å². The Balaban J connectivity index is 0.00000722. The van der Waals surface area contributed by atoms with Crippen molar-refractivity contribution < 1.29 is 9.47 Å². The predicted molar refractivity (Wildman–Crippen MR) is 171 cm³/mol. The molecule has 0 bridgehead atoms. The highest BCUT2D eigenvalue weighted by atomic mass is 79.9. The molecule has 0 N–H and O–H groups in total. The molecular weight excluding hydrogens is 606 g/mol. The maximum Gasteiger partial charge on any atom is 0.223 e. The fourth-order valence-corrected chi connectivity index (χ4v) is 5.21. The highest BCUT2D eigenvalue weighted by Gasteiger charge is 2.08. The van der Waals surface area contributed by atoms with Crippen LogP contribution < -0.4 is 14.9 Å².